The third-order valence-corrected chi connectivity index (χ3v) is 4.98. The highest BCUT2D eigenvalue weighted by molar-refractivity contribution is 14.1. The summed E-state index contributed by atoms with van der Waals surface area (Å²) in [4.78, 5) is 12.2. The van der Waals surface area contributed by atoms with Gasteiger partial charge >= 0.3 is 0 Å². The Bertz CT molecular complexity index is 870. The van der Waals surface area contributed by atoms with Crippen molar-refractivity contribution in [3.05, 3.63) is 75.4 Å². The van der Waals surface area contributed by atoms with E-state index in [4.69, 9.17) is 0 Å². The van der Waals surface area contributed by atoms with Crippen LogP contribution in [0.4, 0.5) is 5.69 Å². The first kappa shape index (κ1) is 13.8. The SMILES string of the molecule is O=C1C[C@@H](c2ccc(I)cc2)c2ccc3ccccc3c2N1. The summed E-state index contributed by atoms with van der Waals surface area (Å²) in [6.07, 6.45) is 0.506. The maximum absolute atomic E-state index is 12.2. The van der Waals surface area contributed by atoms with Crippen LogP contribution in [0.25, 0.3) is 10.8 Å². The smallest absolute Gasteiger partial charge is 0.225 e. The van der Waals surface area contributed by atoms with Gasteiger partial charge in [0, 0.05) is 21.3 Å². The van der Waals surface area contributed by atoms with Gasteiger partial charge in [-0.15, -0.1) is 0 Å². The molecule has 3 heteroatoms. The number of rotatable bonds is 1. The second-order valence-corrected chi connectivity index (χ2v) is 6.85. The predicted molar refractivity (Wildman–Crippen MR) is 98.2 cm³/mol. The quantitative estimate of drug-likeness (QED) is 0.579. The van der Waals surface area contributed by atoms with Crippen LogP contribution in [-0.2, 0) is 4.79 Å². The highest BCUT2D eigenvalue weighted by Crippen LogP contribution is 2.40. The number of hydrogen-bond donors (Lipinski definition) is 1. The second-order valence-electron chi connectivity index (χ2n) is 5.61. The van der Waals surface area contributed by atoms with Crippen molar-refractivity contribution in [3.8, 4) is 0 Å². The Kier molecular flexibility index (Phi) is 3.37. The molecule has 22 heavy (non-hydrogen) atoms. The molecule has 0 aromatic heterocycles. The minimum absolute atomic E-state index is 0.0902. The Morgan fingerprint density at radius 1 is 0.955 bits per heavy atom. The minimum atomic E-state index is 0.0902. The van der Waals surface area contributed by atoms with Crippen molar-refractivity contribution in [3.63, 3.8) is 0 Å². The summed E-state index contributed by atoms with van der Waals surface area (Å²) >= 11 is 2.30. The number of fused-ring (bicyclic) bond motifs is 3. The van der Waals surface area contributed by atoms with E-state index in [-0.39, 0.29) is 11.8 Å². The van der Waals surface area contributed by atoms with E-state index in [0.29, 0.717) is 6.42 Å². The molecule has 0 fully saturated rings. The summed E-state index contributed by atoms with van der Waals surface area (Å²) in [5.41, 5.74) is 3.38. The van der Waals surface area contributed by atoms with Gasteiger partial charge in [0.25, 0.3) is 0 Å². The van der Waals surface area contributed by atoms with Crippen LogP contribution in [-0.4, -0.2) is 5.91 Å². The molecule has 1 atom stereocenters. The van der Waals surface area contributed by atoms with Crippen LogP contribution >= 0.6 is 22.6 Å². The number of carbonyl (C=O) groups is 1. The molecule has 0 bridgehead atoms. The third-order valence-electron chi connectivity index (χ3n) is 4.26. The van der Waals surface area contributed by atoms with Gasteiger partial charge in [0.15, 0.2) is 0 Å². The summed E-state index contributed by atoms with van der Waals surface area (Å²) in [6, 6.07) is 21.0. The Balaban J connectivity index is 1.92. The molecule has 1 amide bonds. The zero-order chi connectivity index (χ0) is 15.1. The average Bonchev–Trinajstić information content (AvgIpc) is 2.55. The summed E-state index contributed by atoms with van der Waals surface area (Å²) in [6.45, 7) is 0. The maximum Gasteiger partial charge on any atom is 0.225 e. The largest absolute Gasteiger partial charge is 0.325 e. The molecule has 1 aliphatic heterocycles. The van der Waals surface area contributed by atoms with E-state index >= 15 is 0 Å². The summed E-state index contributed by atoms with van der Waals surface area (Å²) < 4.78 is 1.21. The molecule has 0 unspecified atom stereocenters. The lowest BCUT2D eigenvalue weighted by atomic mass is 9.83. The molecule has 0 spiro atoms. The lowest BCUT2D eigenvalue weighted by Gasteiger charge is -2.27. The van der Waals surface area contributed by atoms with E-state index in [1.165, 1.54) is 14.7 Å². The lowest BCUT2D eigenvalue weighted by molar-refractivity contribution is -0.116. The highest BCUT2D eigenvalue weighted by Gasteiger charge is 2.27. The van der Waals surface area contributed by atoms with Gasteiger partial charge in [-0.05, 0) is 51.2 Å². The molecule has 0 radical (unpaired) electrons. The number of halogens is 1. The van der Waals surface area contributed by atoms with E-state index in [9.17, 15) is 4.79 Å². The zero-order valence-electron chi connectivity index (χ0n) is 11.8. The molecule has 108 valence electrons. The van der Waals surface area contributed by atoms with E-state index in [1.807, 2.05) is 12.1 Å². The van der Waals surface area contributed by atoms with Crippen LogP contribution in [0.3, 0.4) is 0 Å². The molecule has 0 aliphatic carbocycles. The van der Waals surface area contributed by atoms with Crippen molar-refractivity contribution in [2.75, 3.05) is 5.32 Å². The van der Waals surface area contributed by atoms with Gasteiger partial charge in [-0.3, -0.25) is 4.79 Å². The highest BCUT2D eigenvalue weighted by atomic mass is 127. The van der Waals surface area contributed by atoms with Gasteiger partial charge in [-0.2, -0.15) is 0 Å². The number of carbonyl (C=O) groups excluding carboxylic acids is 1. The van der Waals surface area contributed by atoms with Gasteiger partial charge in [0.2, 0.25) is 5.91 Å². The lowest BCUT2D eigenvalue weighted by Crippen LogP contribution is -2.23. The van der Waals surface area contributed by atoms with E-state index in [1.54, 1.807) is 0 Å². The fraction of sp³-hybridized carbons (Fsp3) is 0.105. The van der Waals surface area contributed by atoms with Crippen LogP contribution in [0.1, 0.15) is 23.5 Å². The Hall–Kier alpha value is -1.88. The summed E-state index contributed by atoms with van der Waals surface area (Å²) in [5, 5.41) is 5.35. The zero-order valence-corrected chi connectivity index (χ0v) is 14.0. The topological polar surface area (TPSA) is 29.1 Å². The van der Waals surface area contributed by atoms with Crippen molar-refractivity contribution < 1.29 is 4.79 Å². The fourth-order valence-electron chi connectivity index (χ4n) is 3.20. The van der Waals surface area contributed by atoms with Gasteiger partial charge in [-0.1, -0.05) is 48.5 Å². The second kappa shape index (κ2) is 5.39. The van der Waals surface area contributed by atoms with Crippen molar-refractivity contribution in [1.29, 1.82) is 0 Å². The molecule has 1 heterocycles. The molecule has 0 saturated heterocycles. The maximum atomic E-state index is 12.2. The molecule has 1 N–H and O–H groups in total. The molecular weight excluding hydrogens is 385 g/mol. The van der Waals surface area contributed by atoms with Crippen molar-refractivity contribution >= 4 is 45.0 Å². The van der Waals surface area contributed by atoms with Crippen LogP contribution in [0, 0.1) is 3.57 Å². The summed E-state index contributed by atoms with van der Waals surface area (Å²) in [5.74, 6) is 0.220. The Labute approximate surface area is 142 Å². The van der Waals surface area contributed by atoms with Crippen molar-refractivity contribution in [2.45, 2.75) is 12.3 Å². The minimum Gasteiger partial charge on any atom is -0.325 e. The molecule has 4 rings (SSSR count). The predicted octanol–water partition coefficient (Wildman–Crippen LogP) is 4.92. The number of hydrogen-bond acceptors (Lipinski definition) is 1. The Morgan fingerprint density at radius 3 is 2.55 bits per heavy atom. The van der Waals surface area contributed by atoms with Crippen LogP contribution in [0.15, 0.2) is 60.7 Å². The van der Waals surface area contributed by atoms with Crippen LogP contribution in [0.2, 0.25) is 0 Å². The van der Waals surface area contributed by atoms with E-state index < -0.39 is 0 Å². The molecular formula is C19H14INO. The molecule has 0 saturated carbocycles. The van der Waals surface area contributed by atoms with E-state index in [2.05, 4.69) is 76.4 Å². The van der Waals surface area contributed by atoms with Crippen LogP contribution < -0.4 is 5.32 Å². The normalized spacial score (nSPS) is 17.1. The van der Waals surface area contributed by atoms with E-state index in [0.717, 1.165) is 16.5 Å². The fourth-order valence-corrected chi connectivity index (χ4v) is 3.56. The first-order valence-electron chi connectivity index (χ1n) is 7.29. The first-order chi connectivity index (χ1) is 10.7. The molecule has 2 nitrogen and oxygen atoms in total. The van der Waals surface area contributed by atoms with Crippen LogP contribution in [0.5, 0.6) is 0 Å². The third kappa shape index (κ3) is 2.29. The Morgan fingerprint density at radius 2 is 1.73 bits per heavy atom. The van der Waals surface area contributed by atoms with Gasteiger partial charge in [0.1, 0.15) is 0 Å². The van der Waals surface area contributed by atoms with Crippen molar-refractivity contribution in [2.24, 2.45) is 0 Å². The monoisotopic (exact) mass is 399 g/mol. The number of amides is 1. The number of anilines is 1. The summed E-state index contributed by atoms with van der Waals surface area (Å²) in [7, 11) is 0. The average molecular weight is 399 g/mol. The van der Waals surface area contributed by atoms with Gasteiger partial charge in [0.05, 0.1) is 5.69 Å². The molecule has 3 aromatic carbocycles. The molecule has 1 aliphatic rings. The van der Waals surface area contributed by atoms with Crippen molar-refractivity contribution in [1.82, 2.24) is 0 Å². The first-order valence-corrected chi connectivity index (χ1v) is 8.37. The standard InChI is InChI=1S/C19H14INO/c20-14-8-5-13(6-9-14)17-11-18(22)21-19-15-4-2-1-3-12(15)7-10-16(17)19/h1-10,17H,11H2,(H,21,22)/t17-/m0/s1. The number of nitrogens with one attached hydrogen (secondary N) is 1. The van der Waals surface area contributed by atoms with Gasteiger partial charge in [-0.25, -0.2) is 0 Å². The molecule has 3 aromatic rings. The van der Waals surface area contributed by atoms with Gasteiger partial charge < -0.3 is 5.32 Å². The number of benzene rings is 3.